The van der Waals surface area contributed by atoms with E-state index in [-0.39, 0.29) is 17.3 Å². The van der Waals surface area contributed by atoms with Crippen molar-refractivity contribution >= 4 is 39.7 Å². The number of hydrogen-bond donors (Lipinski definition) is 1. The lowest BCUT2D eigenvalue weighted by molar-refractivity contribution is 0.0955. The summed E-state index contributed by atoms with van der Waals surface area (Å²) in [5, 5.41) is 13.3. The summed E-state index contributed by atoms with van der Waals surface area (Å²) in [5.74, 6) is 0.0816. The average molecular weight is 470 g/mol. The van der Waals surface area contributed by atoms with Crippen LogP contribution in [0.3, 0.4) is 0 Å². The summed E-state index contributed by atoms with van der Waals surface area (Å²) in [6.45, 7) is 0.226. The minimum Gasteiger partial charge on any atom is -0.488 e. The van der Waals surface area contributed by atoms with Gasteiger partial charge in [0.15, 0.2) is 0 Å². The molecule has 8 heteroatoms. The number of nitrogens with one attached hydrogen (secondary N) is 1. The highest BCUT2D eigenvalue weighted by Gasteiger charge is 2.10. The van der Waals surface area contributed by atoms with Crippen molar-refractivity contribution in [2.75, 3.05) is 0 Å². The van der Waals surface area contributed by atoms with Crippen LogP contribution in [-0.4, -0.2) is 17.1 Å². The number of carbonyl (C=O) groups excluding carboxylic acids is 1. The molecule has 0 unspecified atom stereocenters. The molecular formula is C21H14BrClN4O2. The van der Waals surface area contributed by atoms with Crippen LogP contribution >= 0.6 is 27.5 Å². The third-order valence-electron chi connectivity index (χ3n) is 3.87. The fourth-order valence-electron chi connectivity index (χ4n) is 2.44. The van der Waals surface area contributed by atoms with Gasteiger partial charge in [0.05, 0.1) is 23.4 Å². The highest BCUT2D eigenvalue weighted by molar-refractivity contribution is 9.10. The molecule has 3 aromatic rings. The lowest BCUT2D eigenvalue weighted by atomic mass is 10.1. The molecule has 0 saturated carbocycles. The molecule has 0 aliphatic carbocycles. The van der Waals surface area contributed by atoms with E-state index in [1.165, 1.54) is 12.4 Å². The number of ether oxygens (including phenoxy) is 1. The number of aromatic nitrogens is 1. The summed E-state index contributed by atoms with van der Waals surface area (Å²) < 4.78 is 6.70. The first kappa shape index (κ1) is 20.5. The van der Waals surface area contributed by atoms with Crippen LogP contribution in [0.2, 0.25) is 5.15 Å². The van der Waals surface area contributed by atoms with Gasteiger partial charge >= 0.3 is 0 Å². The molecule has 0 aliphatic heterocycles. The van der Waals surface area contributed by atoms with Gasteiger partial charge in [0.2, 0.25) is 0 Å². The van der Waals surface area contributed by atoms with Crippen LogP contribution < -0.4 is 10.2 Å². The van der Waals surface area contributed by atoms with Crippen LogP contribution in [0.5, 0.6) is 5.75 Å². The molecule has 0 spiro atoms. The quantitative estimate of drug-likeness (QED) is 0.322. The second-order valence-corrected chi connectivity index (χ2v) is 7.05. The van der Waals surface area contributed by atoms with E-state index in [1.807, 2.05) is 18.2 Å². The standard InChI is InChI=1S/C21H14BrClN4O2/c22-17-7-8-19(29-13-15-5-2-1-4-14(15)11-24)16(10-17)12-26-27-21(28)18-6-3-9-25-20(18)23/h1-10,12H,13H2,(H,27,28). The minimum atomic E-state index is -0.472. The van der Waals surface area contributed by atoms with Crippen molar-refractivity contribution in [1.82, 2.24) is 10.4 Å². The van der Waals surface area contributed by atoms with E-state index in [0.29, 0.717) is 16.9 Å². The zero-order valence-corrected chi connectivity index (χ0v) is 17.3. The van der Waals surface area contributed by atoms with E-state index in [1.54, 1.807) is 36.4 Å². The van der Waals surface area contributed by atoms with Crippen molar-refractivity contribution in [2.45, 2.75) is 6.61 Å². The lowest BCUT2D eigenvalue weighted by Crippen LogP contribution is -2.18. The summed E-state index contributed by atoms with van der Waals surface area (Å²) in [5.41, 5.74) is 4.62. The Morgan fingerprint density at radius 3 is 2.90 bits per heavy atom. The van der Waals surface area contributed by atoms with Gasteiger partial charge in [0.25, 0.3) is 5.91 Å². The van der Waals surface area contributed by atoms with Crippen molar-refractivity contribution in [3.8, 4) is 11.8 Å². The van der Waals surface area contributed by atoms with E-state index < -0.39 is 5.91 Å². The number of rotatable bonds is 6. The monoisotopic (exact) mass is 468 g/mol. The number of carbonyl (C=O) groups is 1. The Hall–Kier alpha value is -3.21. The van der Waals surface area contributed by atoms with E-state index in [4.69, 9.17) is 16.3 Å². The maximum atomic E-state index is 12.2. The molecule has 1 amide bonds. The molecule has 0 atom stereocenters. The Balaban J connectivity index is 1.73. The van der Waals surface area contributed by atoms with Crippen LogP contribution in [0.1, 0.15) is 27.0 Å². The fourth-order valence-corrected chi connectivity index (χ4v) is 3.02. The maximum absolute atomic E-state index is 12.2. The predicted octanol–water partition coefficient (Wildman–Crippen LogP) is 4.71. The zero-order valence-electron chi connectivity index (χ0n) is 15.0. The van der Waals surface area contributed by atoms with Crippen LogP contribution in [0.25, 0.3) is 0 Å². The van der Waals surface area contributed by atoms with E-state index in [0.717, 1.165) is 10.0 Å². The Labute approximate surface area is 180 Å². The maximum Gasteiger partial charge on any atom is 0.274 e. The third-order valence-corrected chi connectivity index (χ3v) is 4.66. The van der Waals surface area contributed by atoms with Crippen LogP contribution in [0.15, 0.2) is 70.4 Å². The van der Waals surface area contributed by atoms with Gasteiger partial charge in [-0.05, 0) is 36.4 Å². The van der Waals surface area contributed by atoms with E-state index in [2.05, 4.69) is 37.5 Å². The van der Waals surface area contributed by atoms with Crippen LogP contribution in [0, 0.1) is 11.3 Å². The Morgan fingerprint density at radius 2 is 2.10 bits per heavy atom. The Bertz CT molecular complexity index is 1110. The molecule has 1 aromatic heterocycles. The van der Waals surface area contributed by atoms with Gasteiger partial charge in [0, 0.05) is 21.8 Å². The predicted molar refractivity (Wildman–Crippen MR) is 114 cm³/mol. The van der Waals surface area contributed by atoms with Crippen molar-refractivity contribution in [2.24, 2.45) is 5.10 Å². The summed E-state index contributed by atoms with van der Waals surface area (Å²) >= 11 is 9.32. The van der Waals surface area contributed by atoms with E-state index in [9.17, 15) is 10.1 Å². The van der Waals surface area contributed by atoms with Crippen LogP contribution in [-0.2, 0) is 6.61 Å². The summed E-state index contributed by atoms with van der Waals surface area (Å²) in [6.07, 6.45) is 2.97. The van der Waals surface area contributed by atoms with Crippen molar-refractivity contribution in [3.63, 3.8) is 0 Å². The number of benzene rings is 2. The number of nitriles is 1. The second kappa shape index (κ2) is 9.82. The van der Waals surface area contributed by atoms with E-state index >= 15 is 0 Å². The molecule has 1 N–H and O–H groups in total. The molecule has 29 heavy (non-hydrogen) atoms. The molecule has 0 aliphatic rings. The van der Waals surface area contributed by atoms with Crippen molar-refractivity contribution < 1.29 is 9.53 Å². The highest BCUT2D eigenvalue weighted by Crippen LogP contribution is 2.23. The Morgan fingerprint density at radius 1 is 1.28 bits per heavy atom. The van der Waals surface area contributed by atoms with Gasteiger partial charge in [-0.1, -0.05) is 45.7 Å². The molecular weight excluding hydrogens is 456 g/mol. The molecule has 1 heterocycles. The topological polar surface area (TPSA) is 87.4 Å². The van der Waals surface area contributed by atoms with Gasteiger partial charge in [-0.3, -0.25) is 4.79 Å². The largest absolute Gasteiger partial charge is 0.488 e. The highest BCUT2D eigenvalue weighted by atomic mass is 79.9. The lowest BCUT2D eigenvalue weighted by Gasteiger charge is -2.10. The van der Waals surface area contributed by atoms with Gasteiger partial charge in [-0.2, -0.15) is 10.4 Å². The number of nitrogens with zero attached hydrogens (tertiary/aromatic N) is 3. The summed E-state index contributed by atoms with van der Waals surface area (Å²) in [6, 6.07) is 18.0. The van der Waals surface area contributed by atoms with Crippen molar-refractivity contribution in [1.29, 1.82) is 5.26 Å². The zero-order chi connectivity index (χ0) is 20.6. The van der Waals surface area contributed by atoms with Crippen molar-refractivity contribution in [3.05, 3.63) is 92.7 Å². The van der Waals surface area contributed by atoms with Crippen LogP contribution in [0.4, 0.5) is 0 Å². The van der Waals surface area contributed by atoms with Gasteiger partial charge < -0.3 is 4.74 Å². The number of amides is 1. The number of pyridine rings is 1. The number of halogens is 2. The molecule has 3 rings (SSSR count). The molecule has 6 nitrogen and oxygen atoms in total. The molecule has 0 radical (unpaired) electrons. The third kappa shape index (κ3) is 5.41. The molecule has 0 bridgehead atoms. The smallest absolute Gasteiger partial charge is 0.274 e. The normalized spacial score (nSPS) is 10.5. The second-order valence-electron chi connectivity index (χ2n) is 5.78. The minimum absolute atomic E-state index is 0.0998. The SMILES string of the molecule is N#Cc1ccccc1COc1ccc(Br)cc1C=NNC(=O)c1cccnc1Cl. The molecule has 0 fully saturated rings. The molecule has 2 aromatic carbocycles. The first-order valence-electron chi connectivity index (χ1n) is 8.43. The molecule has 0 saturated heterocycles. The first-order valence-corrected chi connectivity index (χ1v) is 9.60. The average Bonchev–Trinajstić information content (AvgIpc) is 2.73. The fraction of sp³-hybridized carbons (Fsp3) is 0.0476. The Kier molecular flexibility index (Phi) is 6.95. The summed E-state index contributed by atoms with van der Waals surface area (Å²) in [4.78, 5) is 16.0. The van der Waals surface area contributed by atoms with Gasteiger partial charge in [-0.15, -0.1) is 0 Å². The summed E-state index contributed by atoms with van der Waals surface area (Å²) in [7, 11) is 0. The number of hydrogen-bond acceptors (Lipinski definition) is 5. The molecule has 144 valence electrons. The first-order chi connectivity index (χ1) is 14.1. The van der Waals surface area contributed by atoms with Gasteiger partial charge in [0.1, 0.15) is 17.5 Å². The number of hydrazone groups is 1. The van der Waals surface area contributed by atoms with Gasteiger partial charge in [-0.25, -0.2) is 10.4 Å².